The Hall–Kier alpha value is -0.120. The average Bonchev–Trinajstić information content (AvgIpc) is 2.33. The molecule has 0 bridgehead atoms. The highest BCUT2D eigenvalue weighted by Gasteiger charge is 2.25. The topological polar surface area (TPSA) is 41.5 Å². The van der Waals surface area contributed by atoms with Crippen LogP contribution in [-0.4, -0.2) is 38.0 Å². The Morgan fingerprint density at radius 1 is 1.67 bits per heavy atom. The molecule has 0 spiro atoms. The third-order valence-corrected chi connectivity index (χ3v) is 1.82. The van der Waals surface area contributed by atoms with Gasteiger partial charge in [-0.05, 0) is 0 Å². The number of aliphatic hydroxyl groups excluding tert-OH is 1. The number of ether oxygens (including phenoxy) is 1. The van der Waals surface area contributed by atoms with Gasteiger partial charge < -0.3 is 15.2 Å². The Morgan fingerprint density at radius 2 is 2.44 bits per heavy atom. The summed E-state index contributed by atoms with van der Waals surface area (Å²) in [6.07, 6.45) is 0.218. The molecule has 3 heteroatoms. The van der Waals surface area contributed by atoms with E-state index in [1.165, 1.54) is 0 Å². The maximum absolute atomic E-state index is 8.75. The number of hydrogen-bond donors (Lipinski definition) is 2. The molecular weight excluding hydrogens is 118 g/mol. The van der Waals surface area contributed by atoms with Crippen molar-refractivity contribution in [1.29, 1.82) is 0 Å². The Bertz CT molecular complexity index is 77.1. The maximum atomic E-state index is 8.75. The second kappa shape index (κ2) is 3.15. The van der Waals surface area contributed by atoms with E-state index in [9.17, 15) is 0 Å². The fourth-order valence-corrected chi connectivity index (χ4v) is 1.17. The Labute approximate surface area is 55.0 Å². The molecule has 1 rings (SSSR count). The van der Waals surface area contributed by atoms with E-state index in [4.69, 9.17) is 9.84 Å². The number of hydrogen-bond acceptors (Lipinski definition) is 3. The van der Waals surface area contributed by atoms with Gasteiger partial charge in [-0.15, -0.1) is 0 Å². The molecule has 1 aliphatic rings. The first-order valence-electron chi connectivity index (χ1n) is 3.23. The van der Waals surface area contributed by atoms with Crippen LogP contribution in [0, 0.1) is 5.92 Å². The molecule has 1 aliphatic heterocycles. The molecule has 0 aromatic rings. The third kappa shape index (κ3) is 1.41. The molecule has 0 radical (unpaired) electrons. The highest BCUT2D eigenvalue weighted by molar-refractivity contribution is 4.80. The van der Waals surface area contributed by atoms with Crippen LogP contribution >= 0.6 is 0 Å². The molecule has 1 fully saturated rings. The van der Waals surface area contributed by atoms with Gasteiger partial charge in [0.25, 0.3) is 0 Å². The predicted molar refractivity (Wildman–Crippen MR) is 34.2 cm³/mol. The van der Waals surface area contributed by atoms with E-state index in [0.29, 0.717) is 5.92 Å². The van der Waals surface area contributed by atoms with Crippen LogP contribution in [-0.2, 0) is 4.74 Å². The van der Waals surface area contributed by atoms with Crippen LogP contribution in [0.25, 0.3) is 0 Å². The van der Waals surface area contributed by atoms with Crippen molar-refractivity contribution in [3.8, 4) is 0 Å². The first-order valence-corrected chi connectivity index (χ1v) is 3.23. The van der Waals surface area contributed by atoms with Gasteiger partial charge in [0, 0.05) is 32.7 Å². The first-order chi connectivity index (χ1) is 4.38. The lowest BCUT2D eigenvalue weighted by atomic mass is 10.1. The summed E-state index contributed by atoms with van der Waals surface area (Å²) in [5.74, 6) is 0.301. The van der Waals surface area contributed by atoms with Crippen molar-refractivity contribution in [2.45, 2.75) is 6.10 Å². The van der Waals surface area contributed by atoms with E-state index in [1.807, 2.05) is 0 Å². The van der Waals surface area contributed by atoms with Gasteiger partial charge in [-0.3, -0.25) is 0 Å². The van der Waals surface area contributed by atoms with E-state index in [2.05, 4.69) is 5.32 Å². The van der Waals surface area contributed by atoms with E-state index < -0.39 is 0 Å². The summed E-state index contributed by atoms with van der Waals surface area (Å²) in [5, 5.41) is 11.9. The number of rotatable bonds is 2. The van der Waals surface area contributed by atoms with Gasteiger partial charge in [0.15, 0.2) is 0 Å². The molecule has 1 saturated heterocycles. The van der Waals surface area contributed by atoms with Crippen molar-refractivity contribution < 1.29 is 9.84 Å². The average molecular weight is 131 g/mol. The predicted octanol–water partition coefficient (Wildman–Crippen LogP) is -0.787. The van der Waals surface area contributed by atoms with Gasteiger partial charge in [0.2, 0.25) is 0 Å². The second-order valence-electron chi connectivity index (χ2n) is 2.38. The molecule has 0 aliphatic carbocycles. The lowest BCUT2D eigenvalue weighted by Crippen LogP contribution is -2.23. The summed E-state index contributed by atoms with van der Waals surface area (Å²) < 4.78 is 5.09. The molecule has 2 N–H and O–H groups in total. The molecule has 0 aromatic carbocycles. The Morgan fingerprint density at radius 3 is 2.89 bits per heavy atom. The summed E-state index contributed by atoms with van der Waals surface area (Å²) >= 11 is 0. The lowest BCUT2D eigenvalue weighted by Gasteiger charge is -2.12. The number of aliphatic hydroxyl groups is 1. The van der Waals surface area contributed by atoms with E-state index >= 15 is 0 Å². The lowest BCUT2D eigenvalue weighted by molar-refractivity contribution is 0.0576. The van der Waals surface area contributed by atoms with Gasteiger partial charge >= 0.3 is 0 Å². The summed E-state index contributed by atoms with van der Waals surface area (Å²) in [6.45, 7) is 1.99. The minimum atomic E-state index is 0.218. The van der Waals surface area contributed by atoms with Crippen molar-refractivity contribution >= 4 is 0 Å². The quantitative estimate of drug-likeness (QED) is 0.516. The standard InChI is InChI=1S/C6H13NO2/c1-9-6-3-7-2-5(6)4-8/h5-8H,2-4H2,1H3/t5-,6+/m1/s1. The molecule has 0 amide bonds. The van der Waals surface area contributed by atoms with Crippen molar-refractivity contribution in [2.24, 2.45) is 5.92 Å². The van der Waals surface area contributed by atoms with Crippen LogP contribution < -0.4 is 5.32 Å². The fourth-order valence-electron chi connectivity index (χ4n) is 1.17. The van der Waals surface area contributed by atoms with E-state index in [0.717, 1.165) is 13.1 Å². The number of methoxy groups -OCH3 is 1. The van der Waals surface area contributed by atoms with Crippen LogP contribution in [0.5, 0.6) is 0 Å². The zero-order chi connectivity index (χ0) is 6.69. The van der Waals surface area contributed by atoms with Gasteiger partial charge in [-0.1, -0.05) is 0 Å². The Balaban J connectivity index is 2.32. The minimum Gasteiger partial charge on any atom is -0.396 e. The normalized spacial score (nSPS) is 35.3. The molecule has 9 heavy (non-hydrogen) atoms. The highest BCUT2D eigenvalue weighted by atomic mass is 16.5. The van der Waals surface area contributed by atoms with Crippen LogP contribution in [0.1, 0.15) is 0 Å². The smallest absolute Gasteiger partial charge is 0.0757 e. The van der Waals surface area contributed by atoms with Crippen molar-refractivity contribution in [1.82, 2.24) is 5.32 Å². The summed E-state index contributed by atoms with van der Waals surface area (Å²) in [7, 11) is 1.68. The largest absolute Gasteiger partial charge is 0.396 e. The monoisotopic (exact) mass is 131 g/mol. The van der Waals surface area contributed by atoms with Gasteiger partial charge in [0.05, 0.1) is 6.10 Å². The maximum Gasteiger partial charge on any atom is 0.0757 e. The molecule has 2 atom stereocenters. The molecule has 1 heterocycles. The minimum absolute atomic E-state index is 0.218. The summed E-state index contributed by atoms with van der Waals surface area (Å²) in [5.41, 5.74) is 0. The molecule has 54 valence electrons. The first kappa shape index (κ1) is 6.99. The zero-order valence-corrected chi connectivity index (χ0v) is 5.63. The van der Waals surface area contributed by atoms with Gasteiger partial charge in [0.1, 0.15) is 0 Å². The number of nitrogens with one attached hydrogen (secondary N) is 1. The van der Waals surface area contributed by atoms with Crippen LogP contribution in [0.2, 0.25) is 0 Å². The highest BCUT2D eigenvalue weighted by Crippen LogP contribution is 2.09. The zero-order valence-electron chi connectivity index (χ0n) is 5.63. The summed E-state index contributed by atoms with van der Waals surface area (Å²) in [6, 6.07) is 0. The van der Waals surface area contributed by atoms with E-state index in [-0.39, 0.29) is 12.7 Å². The van der Waals surface area contributed by atoms with Gasteiger partial charge in [-0.25, -0.2) is 0 Å². The van der Waals surface area contributed by atoms with Gasteiger partial charge in [-0.2, -0.15) is 0 Å². The second-order valence-corrected chi connectivity index (χ2v) is 2.38. The molecule has 0 unspecified atom stereocenters. The molecule has 3 nitrogen and oxygen atoms in total. The van der Waals surface area contributed by atoms with Crippen LogP contribution in [0.4, 0.5) is 0 Å². The van der Waals surface area contributed by atoms with E-state index in [1.54, 1.807) is 7.11 Å². The SMILES string of the molecule is CO[C@H]1CNC[C@@H]1CO. The molecular formula is C6H13NO2. The fraction of sp³-hybridized carbons (Fsp3) is 1.00. The van der Waals surface area contributed by atoms with Crippen molar-refractivity contribution in [3.63, 3.8) is 0 Å². The van der Waals surface area contributed by atoms with Crippen LogP contribution in [0.15, 0.2) is 0 Å². The van der Waals surface area contributed by atoms with Crippen molar-refractivity contribution in [3.05, 3.63) is 0 Å². The van der Waals surface area contributed by atoms with Crippen LogP contribution in [0.3, 0.4) is 0 Å². The molecule has 0 saturated carbocycles. The summed E-state index contributed by atoms with van der Waals surface area (Å²) in [4.78, 5) is 0. The molecule has 0 aromatic heterocycles. The van der Waals surface area contributed by atoms with Crippen molar-refractivity contribution in [2.75, 3.05) is 26.8 Å². The Kier molecular flexibility index (Phi) is 2.45. The third-order valence-electron chi connectivity index (χ3n) is 1.82.